The molecular weight excluding hydrogens is 298 g/mol. The van der Waals surface area contributed by atoms with Gasteiger partial charge in [0.05, 0.1) is 0 Å². The van der Waals surface area contributed by atoms with Crippen LogP contribution in [0.4, 0.5) is 0 Å². The van der Waals surface area contributed by atoms with Crippen LogP contribution in [-0.2, 0) is 4.79 Å². The van der Waals surface area contributed by atoms with E-state index < -0.39 is 0 Å². The predicted molar refractivity (Wildman–Crippen MR) is 96.6 cm³/mol. The van der Waals surface area contributed by atoms with E-state index in [9.17, 15) is 4.79 Å². The highest BCUT2D eigenvalue weighted by molar-refractivity contribution is 5.94. The first kappa shape index (κ1) is 17.0. The molecule has 0 radical (unpaired) electrons. The molecule has 0 aromatic heterocycles. The Labute approximate surface area is 145 Å². The number of carbonyl (C=O) groups is 1. The molecule has 1 aromatic carbocycles. The van der Waals surface area contributed by atoms with E-state index in [1.807, 2.05) is 42.3 Å². The third kappa shape index (κ3) is 4.17. The minimum Gasteiger partial charge on any atom is -0.331 e. The topological polar surface area (TPSA) is 26.8 Å². The zero-order valence-corrected chi connectivity index (χ0v) is 14.7. The van der Waals surface area contributed by atoms with Crippen molar-refractivity contribution in [3.63, 3.8) is 0 Å². The Hall–Kier alpha value is -1.83. The Morgan fingerprint density at radius 3 is 2.54 bits per heavy atom. The van der Waals surface area contributed by atoms with Crippen LogP contribution in [0.15, 0.2) is 30.3 Å². The molecule has 0 bridgehead atoms. The summed E-state index contributed by atoms with van der Waals surface area (Å²) in [6, 6.07) is 10.7. The number of benzene rings is 1. The fourth-order valence-corrected chi connectivity index (χ4v) is 3.68. The van der Waals surface area contributed by atoms with Crippen molar-refractivity contribution in [3.05, 3.63) is 35.9 Å². The second kappa shape index (κ2) is 7.83. The molecule has 4 nitrogen and oxygen atoms in total. The van der Waals surface area contributed by atoms with E-state index in [2.05, 4.69) is 28.7 Å². The van der Waals surface area contributed by atoms with Gasteiger partial charge in [-0.25, -0.2) is 0 Å². The fourth-order valence-electron chi connectivity index (χ4n) is 3.68. The molecule has 0 saturated carbocycles. The van der Waals surface area contributed by atoms with Crippen molar-refractivity contribution in [2.75, 3.05) is 40.3 Å². The van der Waals surface area contributed by atoms with Gasteiger partial charge in [0.1, 0.15) is 0 Å². The lowest BCUT2D eigenvalue weighted by atomic mass is 10.0. The number of likely N-dealkylation sites (N-methyl/N-ethyl adjacent to an activating group) is 1. The maximum atomic E-state index is 12.4. The molecule has 1 atom stereocenters. The minimum absolute atomic E-state index is 0.0749. The number of carbonyl (C=O) groups excluding carboxylic acids is 1. The smallest absolute Gasteiger partial charge is 0.298 e. The molecule has 128 valence electrons. The Bertz CT molecular complexity index is 611. The van der Waals surface area contributed by atoms with Crippen LogP contribution in [0.3, 0.4) is 0 Å². The molecule has 2 aliphatic rings. The first-order chi connectivity index (χ1) is 11.6. The standard InChI is InChI=1S/C20H27N3O/c1-21-13-10-18(11-14-21)23-15-12-19(16-23)22(2)20(24)9-8-17-6-4-3-5-7-17/h3-7,18-19H,10-16H2,1-2H3/t19-/m1/s1. The van der Waals surface area contributed by atoms with Crippen LogP contribution < -0.4 is 0 Å². The van der Waals surface area contributed by atoms with Crippen LogP contribution in [0.25, 0.3) is 0 Å². The summed E-state index contributed by atoms with van der Waals surface area (Å²) in [5.74, 6) is 5.68. The summed E-state index contributed by atoms with van der Waals surface area (Å²) in [6.07, 6.45) is 3.55. The van der Waals surface area contributed by atoms with E-state index >= 15 is 0 Å². The summed E-state index contributed by atoms with van der Waals surface area (Å²) in [5, 5.41) is 0. The van der Waals surface area contributed by atoms with Crippen molar-refractivity contribution < 1.29 is 4.79 Å². The third-order valence-corrected chi connectivity index (χ3v) is 5.35. The number of piperidine rings is 1. The van der Waals surface area contributed by atoms with Gasteiger partial charge in [-0.15, -0.1) is 0 Å². The number of nitrogens with zero attached hydrogens (tertiary/aromatic N) is 3. The van der Waals surface area contributed by atoms with Crippen LogP contribution in [0.1, 0.15) is 24.8 Å². The second-order valence-corrected chi connectivity index (χ2v) is 7.00. The molecule has 0 unspecified atom stereocenters. The molecular formula is C20H27N3O. The monoisotopic (exact) mass is 325 g/mol. The van der Waals surface area contributed by atoms with Crippen LogP contribution >= 0.6 is 0 Å². The Morgan fingerprint density at radius 2 is 1.83 bits per heavy atom. The molecule has 2 saturated heterocycles. The fraction of sp³-hybridized carbons (Fsp3) is 0.550. The lowest BCUT2D eigenvalue weighted by molar-refractivity contribution is -0.125. The average Bonchev–Trinajstić information content (AvgIpc) is 3.10. The van der Waals surface area contributed by atoms with Crippen molar-refractivity contribution in [2.45, 2.75) is 31.3 Å². The first-order valence-corrected chi connectivity index (χ1v) is 8.90. The number of amides is 1. The normalized spacial score (nSPS) is 22.8. The zero-order valence-electron chi connectivity index (χ0n) is 14.7. The van der Waals surface area contributed by atoms with Crippen LogP contribution in [-0.4, -0.2) is 73.0 Å². The van der Waals surface area contributed by atoms with Gasteiger partial charge >= 0.3 is 0 Å². The van der Waals surface area contributed by atoms with E-state index in [-0.39, 0.29) is 5.91 Å². The van der Waals surface area contributed by atoms with E-state index in [1.165, 1.54) is 25.9 Å². The van der Waals surface area contributed by atoms with Crippen molar-refractivity contribution >= 4 is 5.91 Å². The summed E-state index contributed by atoms with van der Waals surface area (Å²) in [6.45, 7) is 4.46. The molecule has 1 aromatic rings. The summed E-state index contributed by atoms with van der Waals surface area (Å²) in [7, 11) is 4.09. The van der Waals surface area contributed by atoms with Gasteiger partial charge in [0.15, 0.2) is 0 Å². The Morgan fingerprint density at radius 1 is 1.12 bits per heavy atom. The lowest BCUT2D eigenvalue weighted by Gasteiger charge is -2.35. The highest BCUT2D eigenvalue weighted by Gasteiger charge is 2.32. The average molecular weight is 325 g/mol. The van der Waals surface area contributed by atoms with Gasteiger partial charge in [0.2, 0.25) is 0 Å². The maximum absolute atomic E-state index is 12.4. The quantitative estimate of drug-likeness (QED) is 0.774. The van der Waals surface area contributed by atoms with Gasteiger partial charge in [0, 0.05) is 43.7 Å². The van der Waals surface area contributed by atoms with E-state index in [0.29, 0.717) is 12.1 Å². The van der Waals surface area contributed by atoms with Gasteiger partial charge in [-0.2, -0.15) is 0 Å². The number of rotatable bonds is 2. The molecule has 24 heavy (non-hydrogen) atoms. The molecule has 4 heteroatoms. The number of likely N-dealkylation sites (tertiary alicyclic amines) is 2. The lowest BCUT2D eigenvalue weighted by Crippen LogP contribution is -2.44. The summed E-state index contributed by atoms with van der Waals surface area (Å²) >= 11 is 0. The van der Waals surface area contributed by atoms with Crippen LogP contribution in [0.5, 0.6) is 0 Å². The van der Waals surface area contributed by atoms with Gasteiger partial charge in [0.25, 0.3) is 5.91 Å². The Kier molecular flexibility index (Phi) is 5.55. The van der Waals surface area contributed by atoms with E-state index in [4.69, 9.17) is 0 Å². The van der Waals surface area contributed by atoms with Gasteiger partial charge < -0.3 is 9.80 Å². The van der Waals surface area contributed by atoms with Crippen LogP contribution in [0.2, 0.25) is 0 Å². The summed E-state index contributed by atoms with van der Waals surface area (Å²) < 4.78 is 0. The van der Waals surface area contributed by atoms with E-state index in [0.717, 1.165) is 25.1 Å². The van der Waals surface area contributed by atoms with Crippen molar-refractivity contribution in [3.8, 4) is 11.8 Å². The molecule has 0 N–H and O–H groups in total. The van der Waals surface area contributed by atoms with Crippen LogP contribution in [0, 0.1) is 11.8 Å². The predicted octanol–water partition coefficient (Wildman–Crippen LogP) is 1.66. The van der Waals surface area contributed by atoms with E-state index in [1.54, 1.807) is 0 Å². The number of hydrogen-bond donors (Lipinski definition) is 0. The van der Waals surface area contributed by atoms with Crippen molar-refractivity contribution in [2.24, 2.45) is 0 Å². The third-order valence-electron chi connectivity index (χ3n) is 5.35. The first-order valence-electron chi connectivity index (χ1n) is 8.90. The number of hydrogen-bond acceptors (Lipinski definition) is 3. The van der Waals surface area contributed by atoms with Gasteiger partial charge in [-0.05, 0) is 51.5 Å². The zero-order chi connectivity index (χ0) is 16.9. The highest BCUT2D eigenvalue weighted by atomic mass is 16.2. The second-order valence-electron chi connectivity index (χ2n) is 7.00. The van der Waals surface area contributed by atoms with Crippen molar-refractivity contribution in [1.29, 1.82) is 0 Å². The van der Waals surface area contributed by atoms with Crippen molar-refractivity contribution in [1.82, 2.24) is 14.7 Å². The minimum atomic E-state index is -0.0749. The molecule has 0 spiro atoms. The molecule has 2 aliphatic heterocycles. The summed E-state index contributed by atoms with van der Waals surface area (Å²) in [4.78, 5) is 19.2. The highest BCUT2D eigenvalue weighted by Crippen LogP contribution is 2.22. The summed E-state index contributed by atoms with van der Waals surface area (Å²) in [5.41, 5.74) is 0.888. The van der Waals surface area contributed by atoms with Gasteiger partial charge in [-0.1, -0.05) is 24.1 Å². The maximum Gasteiger partial charge on any atom is 0.298 e. The SMILES string of the molecule is CN1CCC(N2CC[C@@H](N(C)C(=O)C#Cc3ccccc3)C2)CC1. The molecule has 3 rings (SSSR count). The Balaban J connectivity index is 1.53. The largest absolute Gasteiger partial charge is 0.331 e. The molecule has 2 fully saturated rings. The molecule has 0 aliphatic carbocycles. The molecule has 2 heterocycles. The van der Waals surface area contributed by atoms with Gasteiger partial charge in [-0.3, -0.25) is 9.69 Å². The molecule has 1 amide bonds.